The summed E-state index contributed by atoms with van der Waals surface area (Å²) < 4.78 is 27.5. The number of fused-ring (bicyclic) bond motifs is 7. The third-order valence-corrected chi connectivity index (χ3v) is 8.46. The predicted octanol–water partition coefficient (Wildman–Crippen LogP) is 2.23. The Labute approximate surface area is 175 Å². The van der Waals surface area contributed by atoms with E-state index in [4.69, 9.17) is 9.47 Å². The number of Topliss-reactive ketones (excluding diaryl/α,β-unsaturated/α-hetero) is 1. The highest BCUT2D eigenvalue weighted by Gasteiger charge is 2.76. The van der Waals surface area contributed by atoms with Crippen molar-refractivity contribution in [3.63, 3.8) is 0 Å². The lowest BCUT2D eigenvalue weighted by molar-refractivity contribution is -0.220. The van der Waals surface area contributed by atoms with Gasteiger partial charge in [0.2, 0.25) is 0 Å². The molecule has 0 amide bonds. The van der Waals surface area contributed by atoms with Gasteiger partial charge >= 0.3 is 0 Å². The molecule has 1 aliphatic heterocycles. The summed E-state index contributed by atoms with van der Waals surface area (Å²) in [6.45, 7) is 4.73. The van der Waals surface area contributed by atoms with Crippen molar-refractivity contribution in [1.82, 2.24) is 0 Å². The minimum atomic E-state index is -1.37. The van der Waals surface area contributed by atoms with E-state index < -0.39 is 47.2 Å². The van der Waals surface area contributed by atoms with E-state index in [2.05, 4.69) is 0 Å². The van der Waals surface area contributed by atoms with Crippen molar-refractivity contribution in [2.24, 2.45) is 29.1 Å². The molecular weight excluding hydrogens is 391 g/mol. The first kappa shape index (κ1) is 20.5. The first-order valence-electron chi connectivity index (χ1n) is 10.9. The predicted molar refractivity (Wildman–Crippen MR) is 104 cm³/mol. The molecule has 164 valence electrons. The van der Waals surface area contributed by atoms with Crippen molar-refractivity contribution in [3.8, 4) is 0 Å². The van der Waals surface area contributed by atoms with Crippen LogP contribution in [0.1, 0.15) is 46.5 Å². The monoisotopic (exact) mass is 420 g/mol. The van der Waals surface area contributed by atoms with Gasteiger partial charge < -0.3 is 19.7 Å². The van der Waals surface area contributed by atoms with Gasteiger partial charge in [-0.15, -0.1) is 0 Å². The van der Waals surface area contributed by atoms with Crippen LogP contribution in [0.2, 0.25) is 0 Å². The number of aliphatic hydroxyl groups excluding tert-OH is 2. The summed E-state index contributed by atoms with van der Waals surface area (Å²) in [6.07, 6.45) is 3.27. The van der Waals surface area contributed by atoms with Gasteiger partial charge in [-0.1, -0.05) is 6.92 Å². The Morgan fingerprint density at radius 1 is 1.33 bits per heavy atom. The summed E-state index contributed by atoms with van der Waals surface area (Å²) in [5, 5.41) is 21.1. The number of ether oxygens (including phenoxy) is 2. The third-order valence-electron chi connectivity index (χ3n) is 8.46. The number of hydrogen-bond acceptors (Lipinski definition) is 6. The molecule has 0 aromatic rings. The van der Waals surface area contributed by atoms with Gasteiger partial charge in [0.15, 0.2) is 23.0 Å². The SMILES string of the molecule is CC1(C)O[C@@H]2C[C@H]3[C@@H]4C=C(F)C5=CC(=O)CC[C@H]5[C@@H]4[C@@H](O)C[C@]3(C)[C@]2(C(=O)CO)O1. The van der Waals surface area contributed by atoms with E-state index in [1.165, 1.54) is 6.08 Å². The molecule has 6 nitrogen and oxygen atoms in total. The number of carbonyl (C=O) groups excluding carboxylic acids is 2. The van der Waals surface area contributed by atoms with E-state index in [0.717, 1.165) is 0 Å². The van der Waals surface area contributed by atoms with Crippen LogP contribution in [0.15, 0.2) is 23.6 Å². The second kappa shape index (κ2) is 6.31. The van der Waals surface area contributed by atoms with Gasteiger partial charge in [-0.25, -0.2) is 4.39 Å². The number of carbonyl (C=O) groups is 2. The molecule has 2 saturated carbocycles. The summed E-state index contributed by atoms with van der Waals surface area (Å²) in [6, 6.07) is 0. The van der Waals surface area contributed by atoms with Crippen molar-refractivity contribution in [1.29, 1.82) is 0 Å². The fraction of sp³-hybridized carbons (Fsp3) is 0.739. The van der Waals surface area contributed by atoms with E-state index in [1.807, 2.05) is 6.92 Å². The smallest absolute Gasteiger partial charge is 0.193 e. The number of ketones is 2. The van der Waals surface area contributed by atoms with Gasteiger partial charge in [0, 0.05) is 11.8 Å². The minimum absolute atomic E-state index is 0.0784. The number of rotatable bonds is 2. The molecule has 5 rings (SSSR count). The van der Waals surface area contributed by atoms with Crippen LogP contribution in [0.4, 0.5) is 4.39 Å². The van der Waals surface area contributed by atoms with Crippen LogP contribution in [-0.2, 0) is 19.1 Å². The first-order valence-corrected chi connectivity index (χ1v) is 10.9. The van der Waals surface area contributed by atoms with Crippen molar-refractivity contribution >= 4 is 11.6 Å². The zero-order valence-electron chi connectivity index (χ0n) is 17.6. The van der Waals surface area contributed by atoms with Crippen LogP contribution >= 0.6 is 0 Å². The van der Waals surface area contributed by atoms with E-state index in [9.17, 15) is 19.8 Å². The van der Waals surface area contributed by atoms with E-state index in [0.29, 0.717) is 31.3 Å². The zero-order valence-corrected chi connectivity index (χ0v) is 17.6. The molecule has 0 aromatic carbocycles. The van der Waals surface area contributed by atoms with Crippen LogP contribution in [0, 0.1) is 29.1 Å². The highest BCUT2D eigenvalue weighted by Crippen LogP contribution is 2.68. The second-order valence-corrected chi connectivity index (χ2v) is 10.3. The summed E-state index contributed by atoms with van der Waals surface area (Å²) in [5.74, 6) is -2.77. The molecule has 7 heteroatoms. The molecule has 4 aliphatic carbocycles. The molecule has 1 heterocycles. The zero-order chi connectivity index (χ0) is 21.6. The Bertz CT molecular complexity index is 877. The topological polar surface area (TPSA) is 93.1 Å². The molecule has 8 atom stereocenters. The Morgan fingerprint density at radius 2 is 2.07 bits per heavy atom. The normalized spacial score (nSPS) is 48.8. The largest absolute Gasteiger partial charge is 0.393 e. The lowest BCUT2D eigenvalue weighted by atomic mass is 9.50. The lowest BCUT2D eigenvalue weighted by Crippen LogP contribution is -2.62. The van der Waals surface area contributed by atoms with Gasteiger partial charge in [0.25, 0.3) is 0 Å². The molecule has 0 radical (unpaired) electrons. The highest BCUT2D eigenvalue weighted by atomic mass is 19.1. The van der Waals surface area contributed by atoms with Gasteiger partial charge in [-0.3, -0.25) is 9.59 Å². The maximum Gasteiger partial charge on any atom is 0.193 e. The summed E-state index contributed by atoms with van der Waals surface area (Å²) >= 11 is 0. The molecule has 2 N–H and O–H groups in total. The summed E-state index contributed by atoms with van der Waals surface area (Å²) in [5.41, 5.74) is -1.78. The summed E-state index contributed by atoms with van der Waals surface area (Å²) in [4.78, 5) is 24.9. The van der Waals surface area contributed by atoms with Crippen LogP contribution in [0.25, 0.3) is 0 Å². The molecule has 1 saturated heterocycles. The molecule has 30 heavy (non-hydrogen) atoms. The summed E-state index contributed by atoms with van der Waals surface area (Å²) in [7, 11) is 0. The fourth-order valence-electron chi connectivity index (χ4n) is 7.50. The van der Waals surface area contributed by atoms with Gasteiger partial charge in [-0.05, 0) is 74.5 Å². The Hall–Kier alpha value is -1.41. The molecule has 0 unspecified atom stereocenters. The third kappa shape index (κ3) is 2.43. The number of allylic oxidation sites excluding steroid dienone is 4. The highest BCUT2D eigenvalue weighted by molar-refractivity contribution is 5.92. The van der Waals surface area contributed by atoms with Gasteiger partial charge in [0.05, 0.1) is 12.2 Å². The Balaban J connectivity index is 1.62. The maximum atomic E-state index is 15.1. The average Bonchev–Trinajstić information content (AvgIpc) is 3.08. The standard InChI is InChI=1S/C23H29FO6/c1-21(2)29-19-8-15-14-7-16(24)13-6-11(26)4-5-12(13)20(14)17(27)9-22(15,3)23(19,30-21)18(28)10-25/h6-7,12,14-15,17,19-20,25,27H,4-5,8-10H2,1-3H3/t12-,14+,15+,17+,19-,20+,22+,23-/m1/s1. The fourth-order valence-corrected chi connectivity index (χ4v) is 7.50. The molecule has 5 aliphatic rings. The maximum absolute atomic E-state index is 15.1. The lowest BCUT2D eigenvalue weighted by Gasteiger charge is -2.56. The van der Waals surface area contributed by atoms with E-state index >= 15 is 4.39 Å². The Morgan fingerprint density at radius 3 is 2.77 bits per heavy atom. The van der Waals surface area contributed by atoms with E-state index in [-0.39, 0.29) is 29.5 Å². The second-order valence-electron chi connectivity index (χ2n) is 10.3. The first-order chi connectivity index (χ1) is 14.0. The van der Waals surface area contributed by atoms with Crippen molar-refractivity contribution in [2.75, 3.05) is 6.61 Å². The van der Waals surface area contributed by atoms with Crippen LogP contribution in [0.5, 0.6) is 0 Å². The molecule has 0 spiro atoms. The van der Waals surface area contributed by atoms with Crippen LogP contribution < -0.4 is 0 Å². The molecule has 0 bridgehead atoms. The number of aliphatic hydroxyl groups is 2. The molecular formula is C23H29FO6. The number of hydrogen-bond donors (Lipinski definition) is 2. The van der Waals surface area contributed by atoms with E-state index in [1.54, 1.807) is 19.9 Å². The van der Waals surface area contributed by atoms with Crippen molar-refractivity contribution in [2.45, 2.75) is 70.1 Å². The Kier molecular flexibility index (Phi) is 4.31. The minimum Gasteiger partial charge on any atom is -0.393 e. The van der Waals surface area contributed by atoms with Crippen molar-refractivity contribution < 1.29 is 33.7 Å². The number of halogens is 1. The quantitative estimate of drug-likeness (QED) is 0.712. The molecule has 3 fully saturated rings. The van der Waals surface area contributed by atoms with Gasteiger partial charge in [0.1, 0.15) is 12.4 Å². The molecule has 0 aromatic heterocycles. The van der Waals surface area contributed by atoms with Crippen LogP contribution in [0.3, 0.4) is 0 Å². The average molecular weight is 420 g/mol. The van der Waals surface area contributed by atoms with Crippen LogP contribution in [-0.4, -0.2) is 52.0 Å². The van der Waals surface area contributed by atoms with Gasteiger partial charge in [-0.2, -0.15) is 0 Å². The van der Waals surface area contributed by atoms with Crippen molar-refractivity contribution in [3.05, 3.63) is 23.6 Å².